The van der Waals surface area contributed by atoms with Gasteiger partial charge in [0.1, 0.15) is 6.10 Å². The zero-order valence-electron chi connectivity index (χ0n) is 8.80. The minimum absolute atomic E-state index is 0.153. The number of hydrogen-bond donors (Lipinski definition) is 0. The second-order valence-corrected chi connectivity index (χ2v) is 3.84. The van der Waals surface area contributed by atoms with Crippen molar-refractivity contribution in [3.8, 4) is 5.75 Å². The smallest absolute Gasteiger partial charge is 0.165 e. The molecule has 0 spiro atoms. The average Bonchev–Trinajstić information content (AvgIpc) is 2.21. The second-order valence-electron chi connectivity index (χ2n) is 3.28. The van der Waals surface area contributed by atoms with Crippen molar-refractivity contribution in [3.05, 3.63) is 29.6 Å². The topological polar surface area (TPSA) is 18.5 Å². The lowest BCUT2D eigenvalue weighted by Crippen LogP contribution is -2.18. The molecule has 1 unspecified atom stereocenters. The van der Waals surface area contributed by atoms with E-state index in [9.17, 15) is 4.39 Å². The molecule has 1 aromatic carbocycles. The molecule has 0 amide bonds. The molecule has 2 nitrogen and oxygen atoms in total. The molecular weight excluding hydrogens is 263 g/mol. The Morgan fingerprint density at radius 3 is 2.73 bits per heavy atom. The van der Waals surface area contributed by atoms with Crippen LogP contribution < -0.4 is 4.74 Å². The van der Waals surface area contributed by atoms with Crippen LogP contribution in [0.3, 0.4) is 0 Å². The number of alkyl halides is 1. The van der Waals surface area contributed by atoms with E-state index >= 15 is 0 Å². The summed E-state index contributed by atoms with van der Waals surface area (Å²) in [5, 5.41) is 0.637. The minimum atomic E-state index is -0.338. The van der Waals surface area contributed by atoms with Crippen molar-refractivity contribution in [3.63, 3.8) is 0 Å². The number of rotatable bonds is 5. The van der Waals surface area contributed by atoms with Crippen molar-refractivity contribution in [2.75, 3.05) is 13.7 Å². The van der Waals surface area contributed by atoms with Gasteiger partial charge >= 0.3 is 0 Å². The number of benzene rings is 1. The van der Waals surface area contributed by atoms with Crippen LogP contribution in [0.5, 0.6) is 5.75 Å². The summed E-state index contributed by atoms with van der Waals surface area (Å²) in [5.41, 5.74) is 0.888. The fourth-order valence-corrected chi connectivity index (χ4v) is 1.56. The molecule has 0 fully saturated rings. The van der Waals surface area contributed by atoms with Crippen molar-refractivity contribution in [1.82, 2.24) is 0 Å². The summed E-state index contributed by atoms with van der Waals surface area (Å²) in [7, 11) is 1.59. The van der Waals surface area contributed by atoms with Gasteiger partial charge in [0.15, 0.2) is 11.6 Å². The summed E-state index contributed by atoms with van der Waals surface area (Å²) in [6, 6.07) is 4.92. The highest BCUT2D eigenvalue weighted by Crippen LogP contribution is 2.20. The standard InChI is InChI=1S/C11H14BrFO2/c1-8(7-14-2)15-11-4-3-9(6-12)5-10(11)13/h3-5,8H,6-7H2,1-2H3. The van der Waals surface area contributed by atoms with E-state index in [2.05, 4.69) is 15.9 Å². The molecule has 0 aromatic heterocycles. The lowest BCUT2D eigenvalue weighted by Gasteiger charge is -2.14. The third-order valence-electron chi connectivity index (χ3n) is 1.88. The van der Waals surface area contributed by atoms with Crippen LogP contribution in [0.1, 0.15) is 12.5 Å². The van der Waals surface area contributed by atoms with Crippen LogP contribution in [0.15, 0.2) is 18.2 Å². The number of ether oxygens (including phenoxy) is 2. The molecular formula is C11H14BrFO2. The van der Waals surface area contributed by atoms with E-state index < -0.39 is 0 Å². The molecule has 0 aliphatic rings. The predicted octanol–water partition coefficient (Wildman–Crippen LogP) is 3.13. The quantitative estimate of drug-likeness (QED) is 0.770. The summed E-state index contributed by atoms with van der Waals surface area (Å²) in [6.45, 7) is 2.28. The third-order valence-corrected chi connectivity index (χ3v) is 2.53. The normalized spacial score (nSPS) is 12.5. The second kappa shape index (κ2) is 6.08. The predicted molar refractivity (Wildman–Crippen MR) is 61.0 cm³/mol. The van der Waals surface area contributed by atoms with Crippen molar-refractivity contribution in [2.45, 2.75) is 18.4 Å². The fourth-order valence-electron chi connectivity index (χ4n) is 1.21. The zero-order valence-corrected chi connectivity index (χ0v) is 10.4. The molecule has 1 aromatic rings. The Bertz CT molecular complexity index is 317. The van der Waals surface area contributed by atoms with Gasteiger partial charge < -0.3 is 9.47 Å². The van der Waals surface area contributed by atoms with Crippen molar-refractivity contribution < 1.29 is 13.9 Å². The average molecular weight is 277 g/mol. The maximum absolute atomic E-state index is 13.5. The van der Waals surface area contributed by atoms with Crippen LogP contribution >= 0.6 is 15.9 Å². The Kier molecular flexibility index (Phi) is 5.05. The maximum Gasteiger partial charge on any atom is 0.165 e. The van der Waals surface area contributed by atoms with E-state index in [1.807, 2.05) is 13.0 Å². The van der Waals surface area contributed by atoms with Crippen LogP contribution in [-0.4, -0.2) is 19.8 Å². The largest absolute Gasteiger partial charge is 0.485 e. The maximum atomic E-state index is 13.5. The van der Waals surface area contributed by atoms with Gasteiger partial charge in [-0.25, -0.2) is 4.39 Å². The summed E-state index contributed by atoms with van der Waals surface area (Å²) >= 11 is 3.26. The minimum Gasteiger partial charge on any atom is -0.485 e. The molecule has 0 bridgehead atoms. The van der Waals surface area contributed by atoms with E-state index in [1.54, 1.807) is 13.2 Å². The first-order valence-electron chi connectivity index (χ1n) is 4.67. The highest BCUT2D eigenvalue weighted by molar-refractivity contribution is 9.08. The molecule has 84 valence electrons. The Hall–Kier alpha value is -0.610. The van der Waals surface area contributed by atoms with Gasteiger partial charge in [-0.05, 0) is 24.6 Å². The van der Waals surface area contributed by atoms with E-state index in [1.165, 1.54) is 6.07 Å². The van der Waals surface area contributed by atoms with E-state index in [4.69, 9.17) is 9.47 Å². The molecule has 0 saturated heterocycles. The molecule has 0 aliphatic carbocycles. The first-order chi connectivity index (χ1) is 7.17. The van der Waals surface area contributed by atoms with Gasteiger partial charge in [0, 0.05) is 12.4 Å². The van der Waals surface area contributed by atoms with Crippen LogP contribution in [-0.2, 0) is 10.1 Å². The van der Waals surface area contributed by atoms with Gasteiger partial charge in [-0.2, -0.15) is 0 Å². The molecule has 0 radical (unpaired) electrons. The molecule has 15 heavy (non-hydrogen) atoms. The number of methoxy groups -OCH3 is 1. The molecule has 0 saturated carbocycles. The summed E-state index contributed by atoms with van der Waals surface area (Å²) in [4.78, 5) is 0. The molecule has 1 rings (SSSR count). The lowest BCUT2D eigenvalue weighted by atomic mass is 10.2. The van der Waals surface area contributed by atoms with Gasteiger partial charge in [-0.1, -0.05) is 22.0 Å². The van der Waals surface area contributed by atoms with Crippen LogP contribution in [0.4, 0.5) is 4.39 Å². The summed E-state index contributed by atoms with van der Waals surface area (Å²) in [5.74, 6) is -0.0702. The van der Waals surface area contributed by atoms with Crippen LogP contribution in [0.2, 0.25) is 0 Å². The monoisotopic (exact) mass is 276 g/mol. The van der Waals surface area contributed by atoms with Gasteiger partial charge in [0.2, 0.25) is 0 Å². The fraction of sp³-hybridized carbons (Fsp3) is 0.455. The summed E-state index contributed by atoms with van der Waals surface area (Å²) in [6.07, 6.45) is -0.153. The molecule has 0 heterocycles. The first kappa shape index (κ1) is 12.5. The van der Waals surface area contributed by atoms with Crippen LogP contribution in [0, 0.1) is 5.82 Å². The molecule has 1 atom stereocenters. The van der Waals surface area contributed by atoms with Gasteiger partial charge in [-0.15, -0.1) is 0 Å². The van der Waals surface area contributed by atoms with Gasteiger partial charge in [0.05, 0.1) is 6.61 Å². The first-order valence-corrected chi connectivity index (χ1v) is 5.79. The summed E-state index contributed by atoms with van der Waals surface area (Å²) < 4.78 is 23.7. The lowest BCUT2D eigenvalue weighted by molar-refractivity contribution is 0.0893. The highest BCUT2D eigenvalue weighted by atomic mass is 79.9. The van der Waals surface area contributed by atoms with Crippen molar-refractivity contribution >= 4 is 15.9 Å². The van der Waals surface area contributed by atoms with Crippen molar-refractivity contribution in [1.29, 1.82) is 0 Å². The number of halogens is 2. The van der Waals surface area contributed by atoms with Gasteiger partial charge in [0.25, 0.3) is 0 Å². The van der Waals surface area contributed by atoms with Crippen molar-refractivity contribution in [2.24, 2.45) is 0 Å². The van der Waals surface area contributed by atoms with Gasteiger partial charge in [-0.3, -0.25) is 0 Å². The molecule has 0 aliphatic heterocycles. The Morgan fingerprint density at radius 2 is 2.20 bits per heavy atom. The van der Waals surface area contributed by atoms with E-state index in [-0.39, 0.29) is 17.7 Å². The Labute approximate surface area is 97.5 Å². The number of hydrogen-bond acceptors (Lipinski definition) is 2. The molecule has 4 heteroatoms. The Balaban J connectivity index is 2.69. The van der Waals surface area contributed by atoms with E-state index in [0.717, 1.165) is 5.56 Å². The highest BCUT2D eigenvalue weighted by Gasteiger charge is 2.08. The SMILES string of the molecule is COCC(C)Oc1ccc(CBr)cc1F. The Morgan fingerprint density at radius 1 is 1.47 bits per heavy atom. The third kappa shape index (κ3) is 3.80. The van der Waals surface area contributed by atoms with E-state index in [0.29, 0.717) is 11.9 Å². The van der Waals surface area contributed by atoms with Crippen LogP contribution in [0.25, 0.3) is 0 Å². The zero-order chi connectivity index (χ0) is 11.3. The molecule has 0 N–H and O–H groups in total.